The van der Waals surface area contributed by atoms with Crippen molar-refractivity contribution in [1.82, 2.24) is 40.4 Å². The quantitative estimate of drug-likeness (QED) is 0.0641. The standard InChI is InChI=1S/C33H50N4O7.C19H35N3O4.C14H17NO4.ClH/c1-32(2,3)44-26(38)21-25(28(39)35(4)5)36(6)29(40)27(24-17-11-12-18-24)37(7)30(41)33(19-13-14-20-33)34-31(42)43-22-23-15-9-8-10-16-23;1-19(2,3)26-15(23)12-14(17(24)21(5)6)22(7)18(25)16(20-4)13-10-8-9-11-13;16-12(17)14(8-4-5-9-14)15-13(18)19-10-11-6-2-1-3-7-11;/h8-10,15-16,24-25,27H,11-14,17-22H2,1-7H3,(H,34,42);13-14,16,20H,8-12H2,1-7H3;1-3,6-7H,4-5,8-10H2,(H,15,18)(H,16,17);1H/t25-,27-;14-,16-;;/m00../s1. The number of amides is 7. The first kappa shape index (κ1) is 77.2. The number of carbonyl (C=O) groups is 10. The van der Waals surface area contributed by atoms with E-state index in [9.17, 15) is 53.1 Å². The first-order valence-electron chi connectivity index (χ1n) is 31.3. The van der Waals surface area contributed by atoms with Gasteiger partial charge in [0.25, 0.3) is 0 Å². The number of hydrogen-bond acceptors (Lipinski definition) is 15. The minimum absolute atomic E-state index is 0. The minimum Gasteiger partial charge on any atom is -0.480 e. The van der Waals surface area contributed by atoms with Crippen LogP contribution in [0.1, 0.15) is 168 Å². The van der Waals surface area contributed by atoms with Gasteiger partial charge in [-0.05, 0) is 123 Å². The Kier molecular flexibility index (Phi) is 30.5. The number of benzene rings is 2. The van der Waals surface area contributed by atoms with Gasteiger partial charge < -0.3 is 64.5 Å². The van der Waals surface area contributed by atoms with E-state index in [1.165, 1.54) is 31.5 Å². The number of rotatable bonds is 22. The monoisotopic (exact) mass is 1280 g/mol. The van der Waals surface area contributed by atoms with Crippen LogP contribution in [0.2, 0.25) is 0 Å². The van der Waals surface area contributed by atoms with Crippen LogP contribution in [0.5, 0.6) is 0 Å². The van der Waals surface area contributed by atoms with Gasteiger partial charge in [-0.1, -0.05) is 112 Å². The van der Waals surface area contributed by atoms with E-state index in [1.807, 2.05) is 60.7 Å². The Hall–Kier alpha value is -7.01. The van der Waals surface area contributed by atoms with E-state index in [1.54, 1.807) is 90.9 Å². The number of hydrogen-bond donors (Lipinski definition) is 4. The fourth-order valence-electron chi connectivity index (χ4n) is 12.1. The Labute approximate surface area is 539 Å². The molecule has 0 unspecified atom stereocenters. The Morgan fingerprint density at radius 2 is 0.867 bits per heavy atom. The zero-order valence-electron chi connectivity index (χ0n) is 55.7. The largest absolute Gasteiger partial charge is 0.480 e. The van der Waals surface area contributed by atoms with E-state index in [0.29, 0.717) is 25.7 Å². The molecule has 4 aliphatic rings. The predicted molar refractivity (Wildman–Crippen MR) is 342 cm³/mol. The minimum atomic E-state index is -1.20. The van der Waals surface area contributed by atoms with Gasteiger partial charge in [0.05, 0.1) is 18.9 Å². The van der Waals surface area contributed by atoms with Crippen LogP contribution in [-0.4, -0.2) is 192 Å². The molecule has 4 atom stereocenters. The van der Waals surface area contributed by atoms with Crippen LogP contribution >= 0.6 is 12.4 Å². The van der Waals surface area contributed by atoms with E-state index < -0.39 is 82.3 Å². The Balaban J connectivity index is 0.000000388. The molecule has 2 aromatic rings. The topological polar surface area (TPSA) is 280 Å². The van der Waals surface area contributed by atoms with Crippen molar-refractivity contribution in [3.63, 3.8) is 0 Å². The molecule has 4 N–H and O–H groups in total. The molecule has 4 saturated carbocycles. The molecule has 0 bridgehead atoms. The highest BCUT2D eigenvalue weighted by atomic mass is 35.5. The number of carboxylic acids is 1. The van der Waals surface area contributed by atoms with Gasteiger partial charge in [-0.25, -0.2) is 14.4 Å². The average molecular weight is 1280 g/mol. The highest BCUT2D eigenvalue weighted by Gasteiger charge is 2.50. The number of ether oxygens (including phenoxy) is 4. The maximum Gasteiger partial charge on any atom is 0.408 e. The van der Waals surface area contributed by atoms with Gasteiger partial charge in [0.15, 0.2) is 0 Å². The summed E-state index contributed by atoms with van der Waals surface area (Å²) in [5.74, 6) is -3.55. The fourth-order valence-corrected chi connectivity index (χ4v) is 12.1. The molecule has 23 nitrogen and oxygen atoms in total. The summed E-state index contributed by atoms with van der Waals surface area (Å²) in [4.78, 5) is 135. The third-order valence-electron chi connectivity index (χ3n) is 16.8. The molecule has 0 radical (unpaired) electrons. The van der Waals surface area contributed by atoms with Crippen molar-refractivity contribution < 1.29 is 72.0 Å². The van der Waals surface area contributed by atoms with Crippen molar-refractivity contribution >= 4 is 72.0 Å². The van der Waals surface area contributed by atoms with Crippen LogP contribution in [0, 0.1) is 11.8 Å². The third kappa shape index (κ3) is 23.3. The van der Waals surface area contributed by atoms with Crippen molar-refractivity contribution in [2.24, 2.45) is 11.8 Å². The molecule has 0 aliphatic heterocycles. The van der Waals surface area contributed by atoms with Gasteiger partial charge in [-0.2, -0.15) is 0 Å². The second-order valence-corrected chi connectivity index (χ2v) is 26.4. The number of nitrogens with zero attached hydrogens (tertiary/aromatic N) is 5. The van der Waals surface area contributed by atoms with Gasteiger partial charge in [0.2, 0.25) is 29.5 Å². The van der Waals surface area contributed by atoms with E-state index in [-0.39, 0.29) is 74.1 Å². The average Bonchev–Trinajstić information content (AvgIpc) is 1.48. The number of carboxylic acid groups (broad SMARTS) is 1. The SMILES string of the molecule is CN(C)C(=O)[C@H](CC(=O)OC(C)(C)C)N(C)C(=O)[C@H](C1CCCC1)N(C)C(=O)C1(NC(=O)OCc2ccccc2)CCCC1.CN[C@H](C(=O)N(C)[C@@H](CC(=O)OC(C)(C)C)C(=O)N(C)C)C1CCCC1.Cl.O=C(NC1(C(=O)O)CCCC1)OCc1ccccc1. The van der Waals surface area contributed by atoms with E-state index in [0.717, 1.165) is 88.2 Å². The molecule has 0 heterocycles. The van der Waals surface area contributed by atoms with E-state index in [2.05, 4.69) is 16.0 Å². The number of nitrogens with one attached hydrogen (secondary N) is 3. The van der Waals surface area contributed by atoms with Gasteiger partial charge in [-0.3, -0.25) is 33.6 Å². The molecule has 90 heavy (non-hydrogen) atoms. The number of likely N-dealkylation sites (N-methyl/N-ethyl adjacent to an activating group) is 6. The second kappa shape index (κ2) is 35.6. The van der Waals surface area contributed by atoms with Crippen molar-refractivity contribution in [3.8, 4) is 0 Å². The first-order chi connectivity index (χ1) is 41.7. The van der Waals surface area contributed by atoms with E-state index >= 15 is 0 Å². The highest BCUT2D eigenvalue weighted by Crippen LogP contribution is 2.37. The second-order valence-electron chi connectivity index (χ2n) is 26.4. The molecular formula is C66H103ClN8O15. The van der Waals surface area contributed by atoms with Crippen LogP contribution in [0.4, 0.5) is 9.59 Å². The highest BCUT2D eigenvalue weighted by molar-refractivity contribution is 5.97. The molecule has 504 valence electrons. The molecule has 2 aromatic carbocycles. The molecule has 4 aliphatic carbocycles. The van der Waals surface area contributed by atoms with Gasteiger partial charge >= 0.3 is 30.1 Å². The summed E-state index contributed by atoms with van der Waals surface area (Å²) in [7, 11) is 12.8. The summed E-state index contributed by atoms with van der Waals surface area (Å²) in [6, 6.07) is 15.4. The zero-order valence-corrected chi connectivity index (χ0v) is 56.5. The van der Waals surface area contributed by atoms with E-state index in [4.69, 9.17) is 18.9 Å². The molecule has 0 saturated heterocycles. The number of alkyl carbamates (subject to hydrolysis) is 2. The number of esters is 2. The molecule has 0 spiro atoms. The number of carbonyl (C=O) groups excluding carboxylic acids is 9. The van der Waals surface area contributed by atoms with Gasteiger partial charge in [0, 0.05) is 49.3 Å². The van der Waals surface area contributed by atoms with Crippen LogP contribution in [0.3, 0.4) is 0 Å². The van der Waals surface area contributed by atoms with Crippen LogP contribution in [0.25, 0.3) is 0 Å². The summed E-state index contributed by atoms with van der Waals surface area (Å²) >= 11 is 0. The van der Waals surface area contributed by atoms with Crippen LogP contribution in [0.15, 0.2) is 60.7 Å². The normalized spacial score (nSPS) is 17.3. The Morgan fingerprint density at radius 1 is 0.511 bits per heavy atom. The zero-order chi connectivity index (χ0) is 66.4. The lowest BCUT2D eigenvalue weighted by Crippen LogP contribution is -2.63. The summed E-state index contributed by atoms with van der Waals surface area (Å²) in [5.41, 5.74) is -2.04. The fraction of sp³-hybridized carbons (Fsp3) is 0.667. The third-order valence-corrected chi connectivity index (χ3v) is 16.8. The Bertz CT molecular complexity index is 2680. The summed E-state index contributed by atoms with van der Waals surface area (Å²) in [6.07, 6.45) is 10.7. The molecule has 24 heteroatoms. The molecule has 0 aromatic heterocycles. The number of halogens is 1. The Morgan fingerprint density at radius 3 is 1.22 bits per heavy atom. The smallest absolute Gasteiger partial charge is 0.408 e. The lowest BCUT2D eigenvalue weighted by Gasteiger charge is -2.41. The van der Waals surface area contributed by atoms with Gasteiger partial charge in [0.1, 0.15) is 53.6 Å². The van der Waals surface area contributed by atoms with Gasteiger partial charge in [-0.15, -0.1) is 12.4 Å². The lowest BCUT2D eigenvalue weighted by molar-refractivity contribution is -0.161. The van der Waals surface area contributed by atoms with Crippen LogP contribution < -0.4 is 16.0 Å². The summed E-state index contributed by atoms with van der Waals surface area (Å²) in [5, 5.41) is 17.7. The van der Waals surface area contributed by atoms with Crippen molar-refractivity contribution in [3.05, 3.63) is 71.8 Å². The maximum absolute atomic E-state index is 14.3. The molecule has 7 amide bonds. The van der Waals surface area contributed by atoms with Crippen molar-refractivity contribution in [1.29, 1.82) is 0 Å². The maximum atomic E-state index is 14.3. The first-order valence-corrected chi connectivity index (χ1v) is 31.3. The molecule has 4 fully saturated rings. The van der Waals surface area contributed by atoms with Crippen molar-refractivity contribution in [2.75, 3.05) is 56.4 Å². The van der Waals surface area contributed by atoms with Crippen molar-refractivity contribution in [2.45, 2.75) is 217 Å². The predicted octanol–water partition coefficient (Wildman–Crippen LogP) is 8.03. The van der Waals surface area contributed by atoms with Crippen LogP contribution in [-0.2, 0) is 70.5 Å². The summed E-state index contributed by atoms with van der Waals surface area (Å²) < 4.78 is 21.3. The molecular weight excluding hydrogens is 1180 g/mol. The summed E-state index contributed by atoms with van der Waals surface area (Å²) in [6.45, 7) is 10.8. The number of aliphatic carboxylic acids is 1. The lowest BCUT2D eigenvalue weighted by atomic mass is 9.90. The molecule has 6 rings (SSSR count).